The summed E-state index contributed by atoms with van der Waals surface area (Å²) in [5.41, 5.74) is 2.15. The first-order chi connectivity index (χ1) is 10.9. The number of hydrogen-bond donors (Lipinski definition) is 2. The highest BCUT2D eigenvalue weighted by molar-refractivity contribution is 5.94. The molecule has 4 heteroatoms. The van der Waals surface area contributed by atoms with Crippen molar-refractivity contribution in [3.8, 4) is 0 Å². The van der Waals surface area contributed by atoms with Crippen molar-refractivity contribution in [2.75, 3.05) is 40.3 Å². The van der Waals surface area contributed by atoms with Crippen LogP contribution in [-0.4, -0.2) is 51.1 Å². The van der Waals surface area contributed by atoms with Gasteiger partial charge in [0.25, 0.3) is 5.91 Å². The fourth-order valence-electron chi connectivity index (χ4n) is 3.38. The largest absolute Gasteiger partial charge is 0.351 e. The van der Waals surface area contributed by atoms with E-state index in [1.807, 2.05) is 12.1 Å². The highest BCUT2D eigenvalue weighted by atomic mass is 16.1. The van der Waals surface area contributed by atoms with Gasteiger partial charge < -0.3 is 15.5 Å². The van der Waals surface area contributed by atoms with E-state index in [-0.39, 0.29) is 11.3 Å². The molecule has 0 radical (unpaired) electrons. The molecule has 0 spiro atoms. The van der Waals surface area contributed by atoms with E-state index in [1.165, 1.54) is 18.4 Å². The number of carbonyl (C=O) groups excluding carboxylic acids is 1. The minimum Gasteiger partial charge on any atom is -0.351 e. The molecule has 0 bridgehead atoms. The van der Waals surface area contributed by atoms with Crippen LogP contribution < -0.4 is 10.6 Å². The number of benzene rings is 1. The first-order valence-corrected chi connectivity index (χ1v) is 8.61. The quantitative estimate of drug-likeness (QED) is 0.847. The molecule has 1 aliphatic rings. The van der Waals surface area contributed by atoms with Gasteiger partial charge in [-0.2, -0.15) is 0 Å². The second kappa shape index (κ2) is 7.93. The standard InChI is InChI=1S/C19H31N3O/c1-19(2,14-22(3)4)13-21-18(23)16-9-7-15(8-10-16)17-6-5-11-20-12-17/h7-10,17,20H,5-6,11-14H2,1-4H3,(H,21,23)/t17-/m0/s1. The minimum absolute atomic E-state index is 0.0187. The van der Waals surface area contributed by atoms with Crippen molar-refractivity contribution in [1.29, 1.82) is 0 Å². The molecule has 4 nitrogen and oxygen atoms in total. The van der Waals surface area contributed by atoms with Crippen molar-refractivity contribution in [3.05, 3.63) is 35.4 Å². The lowest BCUT2D eigenvalue weighted by Crippen LogP contribution is -2.39. The number of rotatable bonds is 6. The summed E-state index contributed by atoms with van der Waals surface area (Å²) in [6.45, 7) is 8.14. The predicted octanol–water partition coefficient (Wildman–Crippen LogP) is 2.47. The third kappa shape index (κ3) is 5.63. The van der Waals surface area contributed by atoms with E-state index < -0.39 is 0 Å². The maximum absolute atomic E-state index is 12.3. The van der Waals surface area contributed by atoms with Crippen LogP contribution in [0.5, 0.6) is 0 Å². The molecule has 1 heterocycles. The molecule has 0 aromatic heterocycles. The molecule has 0 saturated carbocycles. The van der Waals surface area contributed by atoms with Gasteiger partial charge in [0.2, 0.25) is 0 Å². The van der Waals surface area contributed by atoms with E-state index in [2.05, 4.69) is 55.6 Å². The molecule has 128 valence electrons. The molecular weight excluding hydrogens is 286 g/mol. The van der Waals surface area contributed by atoms with E-state index in [4.69, 9.17) is 0 Å². The molecule has 1 atom stereocenters. The third-order valence-electron chi connectivity index (χ3n) is 4.41. The van der Waals surface area contributed by atoms with Crippen molar-refractivity contribution in [2.45, 2.75) is 32.6 Å². The lowest BCUT2D eigenvalue weighted by molar-refractivity contribution is 0.0929. The second-order valence-electron chi connectivity index (χ2n) is 7.75. The number of amides is 1. The average molecular weight is 317 g/mol. The summed E-state index contributed by atoms with van der Waals surface area (Å²) in [6.07, 6.45) is 2.46. The van der Waals surface area contributed by atoms with Crippen LogP contribution in [0.4, 0.5) is 0 Å². The van der Waals surface area contributed by atoms with Crippen molar-refractivity contribution >= 4 is 5.91 Å². The van der Waals surface area contributed by atoms with Crippen LogP contribution in [0.3, 0.4) is 0 Å². The Bertz CT molecular complexity index is 502. The van der Waals surface area contributed by atoms with Gasteiger partial charge in [0.05, 0.1) is 0 Å². The Kier molecular flexibility index (Phi) is 6.19. The molecule has 0 unspecified atom stereocenters. The molecule has 1 amide bonds. The van der Waals surface area contributed by atoms with Crippen LogP contribution in [0.1, 0.15) is 48.5 Å². The van der Waals surface area contributed by atoms with Gasteiger partial charge in [-0.3, -0.25) is 4.79 Å². The Hall–Kier alpha value is -1.39. The van der Waals surface area contributed by atoms with Crippen LogP contribution in [0, 0.1) is 5.41 Å². The summed E-state index contributed by atoms with van der Waals surface area (Å²) in [6, 6.07) is 8.13. The Morgan fingerprint density at radius 1 is 1.30 bits per heavy atom. The fraction of sp³-hybridized carbons (Fsp3) is 0.632. The molecule has 1 fully saturated rings. The molecule has 0 aliphatic carbocycles. The molecule has 23 heavy (non-hydrogen) atoms. The fourth-order valence-corrected chi connectivity index (χ4v) is 3.38. The maximum atomic E-state index is 12.3. The highest BCUT2D eigenvalue weighted by Crippen LogP contribution is 2.23. The van der Waals surface area contributed by atoms with Crippen LogP contribution in [0.15, 0.2) is 24.3 Å². The second-order valence-corrected chi connectivity index (χ2v) is 7.75. The summed E-state index contributed by atoms with van der Waals surface area (Å²) in [7, 11) is 4.12. The van der Waals surface area contributed by atoms with Gasteiger partial charge in [0.1, 0.15) is 0 Å². The normalized spacial score (nSPS) is 18.9. The van der Waals surface area contributed by atoms with Crippen molar-refractivity contribution in [1.82, 2.24) is 15.5 Å². The number of nitrogens with one attached hydrogen (secondary N) is 2. The number of nitrogens with zero attached hydrogens (tertiary/aromatic N) is 1. The topological polar surface area (TPSA) is 44.4 Å². The summed E-state index contributed by atoms with van der Waals surface area (Å²) < 4.78 is 0. The Labute approximate surface area is 140 Å². The first-order valence-electron chi connectivity index (χ1n) is 8.61. The molecule has 2 N–H and O–H groups in total. The van der Waals surface area contributed by atoms with Crippen molar-refractivity contribution in [3.63, 3.8) is 0 Å². The number of carbonyl (C=O) groups is 1. The minimum atomic E-state index is 0.0187. The SMILES string of the molecule is CN(C)CC(C)(C)CNC(=O)c1ccc([C@H]2CCCNC2)cc1. The highest BCUT2D eigenvalue weighted by Gasteiger charge is 2.20. The van der Waals surface area contributed by atoms with Crippen molar-refractivity contribution in [2.24, 2.45) is 5.41 Å². The average Bonchev–Trinajstić information content (AvgIpc) is 2.52. The van der Waals surface area contributed by atoms with Gasteiger partial charge >= 0.3 is 0 Å². The first kappa shape index (κ1) is 18.0. The smallest absolute Gasteiger partial charge is 0.251 e. The molecular formula is C19H31N3O. The summed E-state index contributed by atoms with van der Waals surface area (Å²) in [5.74, 6) is 0.602. The van der Waals surface area contributed by atoms with Crippen LogP contribution >= 0.6 is 0 Å². The molecule has 2 rings (SSSR count). The maximum Gasteiger partial charge on any atom is 0.251 e. The zero-order chi connectivity index (χ0) is 16.9. The van der Waals surface area contributed by atoms with Gasteiger partial charge in [0.15, 0.2) is 0 Å². The van der Waals surface area contributed by atoms with Crippen LogP contribution in [0.25, 0.3) is 0 Å². The Morgan fingerprint density at radius 2 is 2.00 bits per heavy atom. The van der Waals surface area contributed by atoms with Gasteiger partial charge in [0, 0.05) is 25.2 Å². The van der Waals surface area contributed by atoms with E-state index in [1.54, 1.807) is 0 Å². The number of hydrogen-bond acceptors (Lipinski definition) is 3. The zero-order valence-corrected chi connectivity index (χ0v) is 15.0. The third-order valence-corrected chi connectivity index (χ3v) is 4.41. The number of piperidine rings is 1. The monoisotopic (exact) mass is 317 g/mol. The van der Waals surface area contributed by atoms with E-state index >= 15 is 0 Å². The molecule has 1 aliphatic heterocycles. The zero-order valence-electron chi connectivity index (χ0n) is 15.0. The van der Waals surface area contributed by atoms with Gasteiger partial charge in [-0.25, -0.2) is 0 Å². The molecule has 1 aromatic rings. The van der Waals surface area contributed by atoms with Crippen LogP contribution in [0.2, 0.25) is 0 Å². The van der Waals surface area contributed by atoms with Gasteiger partial charge in [-0.1, -0.05) is 26.0 Å². The Morgan fingerprint density at radius 3 is 2.57 bits per heavy atom. The Balaban J connectivity index is 1.89. The summed E-state index contributed by atoms with van der Waals surface area (Å²) in [4.78, 5) is 14.5. The van der Waals surface area contributed by atoms with Crippen LogP contribution in [-0.2, 0) is 0 Å². The van der Waals surface area contributed by atoms with Gasteiger partial charge in [-0.05, 0) is 62.5 Å². The lowest BCUT2D eigenvalue weighted by atomic mass is 9.91. The predicted molar refractivity (Wildman–Crippen MR) is 96.0 cm³/mol. The lowest BCUT2D eigenvalue weighted by Gasteiger charge is -2.28. The van der Waals surface area contributed by atoms with Crippen molar-refractivity contribution < 1.29 is 4.79 Å². The van der Waals surface area contributed by atoms with E-state index in [0.717, 1.165) is 25.2 Å². The van der Waals surface area contributed by atoms with E-state index in [9.17, 15) is 4.79 Å². The van der Waals surface area contributed by atoms with E-state index in [0.29, 0.717) is 12.5 Å². The summed E-state index contributed by atoms with van der Waals surface area (Å²) in [5, 5.41) is 6.51. The van der Waals surface area contributed by atoms with Gasteiger partial charge in [-0.15, -0.1) is 0 Å². The molecule has 1 saturated heterocycles. The summed E-state index contributed by atoms with van der Waals surface area (Å²) >= 11 is 0. The molecule has 1 aromatic carbocycles.